The van der Waals surface area contributed by atoms with Crippen LogP contribution in [-0.4, -0.2) is 41.0 Å². The molecule has 0 amide bonds. The molecule has 2 rings (SSSR count). The van der Waals surface area contributed by atoms with Crippen molar-refractivity contribution in [1.29, 1.82) is 10.5 Å². The number of nitriles is 2. The van der Waals surface area contributed by atoms with Crippen molar-refractivity contribution in [3.05, 3.63) is 0 Å². The van der Waals surface area contributed by atoms with Crippen LogP contribution in [-0.2, 0) is 0 Å². The molecule has 0 saturated carbocycles. The van der Waals surface area contributed by atoms with Crippen LogP contribution in [0.1, 0.15) is 40.0 Å². The molecule has 2 aliphatic rings. The van der Waals surface area contributed by atoms with Crippen molar-refractivity contribution in [2.75, 3.05) is 19.6 Å². The van der Waals surface area contributed by atoms with E-state index in [2.05, 4.69) is 24.9 Å². The Balaban J connectivity index is 0.000000437. The first-order valence-electron chi connectivity index (χ1n) is 6.32. The van der Waals surface area contributed by atoms with E-state index >= 15 is 0 Å². The first-order chi connectivity index (χ1) is 8.09. The third-order valence-corrected chi connectivity index (χ3v) is 3.95. The van der Waals surface area contributed by atoms with Gasteiger partial charge in [-0.2, -0.15) is 10.5 Å². The Morgan fingerprint density at radius 1 is 1.06 bits per heavy atom. The number of nitrogens with zero attached hydrogens (tertiary/aromatic N) is 4. The van der Waals surface area contributed by atoms with E-state index in [1.54, 1.807) is 6.07 Å². The maximum absolute atomic E-state index is 8.94. The van der Waals surface area contributed by atoms with Crippen molar-refractivity contribution in [3.8, 4) is 12.3 Å². The van der Waals surface area contributed by atoms with E-state index in [1.165, 1.54) is 26.2 Å². The summed E-state index contributed by atoms with van der Waals surface area (Å²) < 4.78 is 0. The zero-order chi connectivity index (χ0) is 12.9. The third kappa shape index (κ3) is 2.90. The molecule has 0 N–H and O–H groups in total. The van der Waals surface area contributed by atoms with Gasteiger partial charge in [0.15, 0.2) is 6.19 Å². The van der Waals surface area contributed by atoms with Crippen molar-refractivity contribution in [2.24, 2.45) is 0 Å². The standard InChI is InChI=1S/C11H19N3.C2H3N/c1-10(2)13-6-3-11(4-7-13)5-8-14(11)9-12;1-2-3/h10H,3-8H2,1-2H3;1H3. The SMILES string of the molecule is CC#N.CC(C)N1CCC2(CC1)CCN2C#N. The summed E-state index contributed by atoms with van der Waals surface area (Å²) in [6.07, 6.45) is 5.91. The molecule has 2 heterocycles. The van der Waals surface area contributed by atoms with Gasteiger partial charge in [0.1, 0.15) is 0 Å². The van der Waals surface area contributed by atoms with Crippen LogP contribution < -0.4 is 0 Å². The fourth-order valence-electron chi connectivity index (χ4n) is 2.67. The molecular formula is C13H22N4. The van der Waals surface area contributed by atoms with Crippen LogP contribution in [0.3, 0.4) is 0 Å². The van der Waals surface area contributed by atoms with Gasteiger partial charge in [0.2, 0.25) is 0 Å². The molecule has 4 nitrogen and oxygen atoms in total. The predicted octanol–water partition coefficient (Wildman–Crippen LogP) is 1.95. The quantitative estimate of drug-likeness (QED) is 0.651. The Morgan fingerprint density at radius 3 is 1.82 bits per heavy atom. The van der Waals surface area contributed by atoms with E-state index in [-0.39, 0.29) is 5.54 Å². The van der Waals surface area contributed by atoms with Gasteiger partial charge in [0.25, 0.3) is 0 Å². The van der Waals surface area contributed by atoms with Crippen LogP contribution in [0.2, 0.25) is 0 Å². The van der Waals surface area contributed by atoms with Crippen LogP contribution in [0.4, 0.5) is 0 Å². The van der Waals surface area contributed by atoms with Gasteiger partial charge in [-0.25, -0.2) is 0 Å². The van der Waals surface area contributed by atoms with Gasteiger partial charge in [0, 0.05) is 32.6 Å². The molecule has 94 valence electrons. The minimum atomic E-state index is 0.264. The van der Waals surface area contributed by atoms with E-state index in [9.17, 15) is 0 Å². The molecule has 4 heteroatoms. The molecule has 0 unspecified atom stereocenters. The number of hydrogen-bond acceptors (Lipinski definition) is 4. The van der Waals surface area contributed by atoms with Gasteiger partial charge in [-0.15, -0.1) is 0 Å². The summed E-state index contributed by atoms with van der Waals surface area (Å²) in [6.45, 7) is 9.24. The number of likely N-dealkylation sites (tertiary alicyclic amines) is 2. The first-order valence-corrected chi connectivity index (χ1v) is 6.32. The average Bonchev–Trinajstić information content (AvgIpc) is 2.29. The lowest BCUT2D eigenvalue weighted by Crippen LogP contribution is -2.62. The van der Waals surface area contributed by atoms with Crippen molar-refractivity contribution in [1.82, 2.24) is 9.80 Å². The fraction of sp³-hybridized carbons (Fsp3) is 0.846. The lowest BCUT2D eigenvalue weighted by Gasteiger charge is -2.54. The van der Waals surface area contributed by atoms with Gasteiger partial charge in [-0.3, -0.25) is 0 Å². The van der Waals surface area contributed by atoms with Crippen molar-refractivity contribution in [2.45, 2.75) is 51.6 Å². The van der Waals surface area contributed by atoms with Crippen molar-refractivity contribution >= 4 is 0 Å². The topological polar surface area (TPSA) is 54.1 Å². The highest BCUT2D eigenvalue weighted by Gasteiger charge is 2.46. The monoisotopic (exact) mass is 234 g/mol. The Hall–Kier alpha value is -1.26. The molecule has 0 aromatic rings. The highest BCUT2D eigenvalue weighted by molar-refractivity contribution is 5.07. The second-order valence-electron chi connectivity index (χ2n) is 5.08. The summed E-state index contributed by atoms with van der Waals surface area (Å²) in [5, 5.41) is 16.3. The molecule has 0 bridgehead atoms. The third-order valence-electron chi connectivity index (χ3n) is 3.95. The smallest absolute Gasteiger partial charge is 0.179 e. The molecule has 0 radical (unpaired) electrons. The Kier molecular flexibility index (Phi) is 4.78. The van der Waals surface area contributed by atoms with Crippen LogP contribution in [0.25, 0.3) is 0 Å². The highest BCUT2D eigenvalue weighted by atomic mass is 15.3. The van der Waals surface area contributed by atoms with Crippen molar-refractivity contribution < 1.29 is 0 Å². The zero-order valence-electron chi connectivity index (χ0n) is 11.1. The van der Waals surface area contributed by atoms with Gasteiger partial charge in [0.05, 0.1) is 11.6 Å². The summed E-state index contributed by atoms with van der Waals surface area (Å²) >= 11 is 0. The highest BCUT2D eigenvalue weighted by Crippen LogP contribution is 2.39. The van der Waals surface area contributed by atoms with Crippen molar-refractivity contribution in [3.63, 3.8) is 0 Å². The molecule has 0 atom stereocenters. The maximum Gasteiger partial charge on any atom is 0.179 e. The van der Waals surface area contributed by atoms with Gasteiger partial charge in [-0.1, -0.05) is 0 Å². The van der Waals surface area contributed by atoms with Crippen LogP contribution in [0.15, 0.2) is 0 Å². The fourth-order valence-corrected chi connectivity index (χ4v) is 2.67. The Labute approximate surface area is 104 Å². The van der Waals surface area contributed by atoms with E-state index < -0.39 is 0 Å². The predicted molar refractivity (Wildman–Crippen MR) is 66.9 cm³/mol. The summed E-state index contributed by atoms with van der Waals surface area (Å²) in [7, 11) is 0. The maximum atomic E-state index is 8.94. The first kappa shape index (κ1) is 13.8. The van der Waals surface area contributed by atoms with Crippen LogP contribution in [0, 0.1) is 22.8 Å². The van der Waals surface area contributed by atoms with Crippen LogP contribution >= 0.6 is 0 Å². The van der Waals surface area contributed by atoms with E-state index in [0.717, 1.165) is 19.6 Å². The van der Waals surface area contributed by atoms with E-state index in [0.29, 0.717) is 6.04 Å². The summed E-state index contributed by atoms with van der Waals surface area (Å²) in [5.74, 6) is 0. The van der Waals surface area contributed by atoms with Crippen LogP contribution in [0.5, 0.6) is 0 Å². The largest absolute Gasteiger partial charge is 0.304 e. The van der Waals surface area contributed by atoms with Gasteiger partial charge >= 0.3 is 0 Å². The molecule has 2 aliphatic heterocycles. The minimum Gasteiger partial charge on any atom is -0.304 e. The zero-order valence-corrected chi connectivity index (χ0v) is 11.1. The summed E-state index contributed by atoms with van der Waals surface area (Å²) in [6, 6.07) is 2.41. The summed E-state index contributed by atoms with van der Waals surface area (Å²) in [4.78, 5) is 4.50. The van der Waals surface area contributed by atoms with Gasteiger partial charge < -0.3 is 9.80 Å². The number of hydrogen-bond donors (Lipinski definition) is 0. The summed E-state index contributed by atoms with van der Waals surface area (Å²) in [5.41, 5.74) is 0.264. The van der Waals surface area contributed by atoms with E-state index in [1.807, 2.05) is 4.90 Å². The number of piperidine rings is 1. The lowest BCUT2D eigenvalue weighted by molar-refractivity contribution is -0.0230. The normalized spacial score (nSPS) is 22.1. The number of rotatable bonds is 1. The lowest BCUT2D eigenvalue weighted by atomic mass is 9.76. The second-order valence-corrected chi connectivity index (χ2v) is 5.08. The molecule has 0 aromatic heterocycles. The van der Waals surface area contributed by atoms with Gasteiger partial charge in [-0.05, 0) is 33.1 Å². The Morgan fingerprint density at radius 2 is 1.53 bits per heavy atom. The molecule has 1 spiro atoms. The molecule has 2 fully saturated rings. The van der Waals surface area contributed by atoms with E-state index in [4.69, 9.17) is 10.5 Å². The average molecular weight is 234 g/mol. The molecule has 17 heavy (non-hydrogen) atoms. The molecule has 2 saturated heterocycles. The molecule has 0 aliphatic carbocycles. The second kappa shape index (κ2) is 5.89. The Bertz CT molecular complexity index is 315. The molecular weight excluding hydrogens is 212 g/mol. The molecule has 0 aromatic carbocycles. The minimum absolute atomic E-state index is 0.264.